The van der Waals surface area contributed by atoms with Gasteiger partial charge >= 0.3 is 5.97 Å². The lowest BCUT2D eigenvalue weighted by Gasteiger charge is -2.28. The molecule has 7 nitrogen and oxygen atoms in total. The van der Waals surface area contributed by atoms with Crippen LogP contribution in [0.3, 0.4) is 0 Å². The number of aliphatic carboxylic acids is 1. The molecule has 0 aromatic heterocycles. The Morgan fingerprint density at radius 3 is 2.50 bits per heavy atom. The lowest BCUT2D eigenvalue weighted by Crippen LogP contribution is -2.43. The van der Waals surface area contributed by atoms with E-state index in [2.05, 4.69) is 4.18 Å². The molecule has 92 valence electrons. The smallest absolute Gasteiger partial charge is 0.331 e. The van der Waals surface area contributed by atoms with Gasteiger partial charge < -0.3 is 15.3 Å². The highest BCUT2D eigenvalue weighted by Gasteiger charge is 2.35. The van der Waals surface area contributed by atoms with Crippen molar-refractivity contribution in [3.63, 3.8) is 0 Å². The molecule has 0 aliphatic heterocycles. The summed E-state index contributed by atoms with van der Waals surface area (Å²) in [5, 5.41) is 27.5. The first-order valence-corrected chi connectivity index (χ1v) is 6.21. The number of carboxylic acid groups (broad SMARTS) is 1. The molecule has 3 N–H and O–H groups in total. The van der Waals surface area contributed by atoms with Crippen LogP contribution in [0.2, 0.25) is 0 Å². The Morgan fingerprint density at radius 1 is 1.50 bits per heavy atom. The Hall–Kier alpha value is -0.960. The second-order valence-corrected chi connectivity index (χ2v) is 5.12. The predicted molar refractivity (Wildman–Crippen MR) is 52.1 cm³/mol. The van der Waals surface area contributed by atoms with Crippen LogP contribution >= 0.6 is 0 Å². The van der Waals surface area contributed by atoms with Crippen molar-refractivity contribution < 1.29 is 32.7 Å². The van der Waals surface area contributed by atoms with Gasteiger partial charge in [-0.15, -0.1) is 0 Å². The summed E-state index contributed by atoms with van der Waals surface area (Å²) in [6.45, 7) is 0. The van der Waals surface area contributed by atoms with Crippen molar-refractivity contribution in [3.8, 4) is 0 Å². The number of carboxylic acids is 1. The van der Waals surface area contributed by atoms with E-state index in [1.807, 2.05) is 0 Å². The standard InChI is InChI=1S/C8H12O7S/c1-16(13,14)15-6-3-4(8(11)12)2-5(9)7(6)10/h3,5-7,9-10H,2H2,1H3,(H,11,12)/t5-,6-,7+/m1/s1. The molecule has 0 bridgehead atoms. The van der Waals surface area contributed by atoms with Gasteiger partial charge in [-0.1, -0.05) is 0 Å². The third kappa shape index (κ3) is 3.27. The van der Waals surface area contributed by atoms with Crippen LogP contribution in [0.4, 0.5) is 0 Å². The van der Waals surface area contributed by atoms with Crippen molar-refractivity contribution in [1.29, 1.82) is 0 Å². The second-order valence-electron chi connectivity index (χ2n) is 3.52. The first kappa shape index (κ1) is 13.1. The minimum absolute atomic E-state index is 0.188. The van der Waals surface area contributed by atoms with Crippen LogP contribution in [0, 0.1) is 0 Å². The highest BCUT2D eigenvalue weighted by Crippen LogP contribution is 2.22. The fraction of sp³-hybridized carbons (Fsp3) is 0.625. The van der Waals surface area contributed by atoms with E-state index < -0.39 is 34.4 Å². The summed E-state index contributed by atoms with van der Waals surface area (Å²) in [7, 11) is -3.84. The SMILES string of the molecule is CS(=O)(=O)O[C@@H]1C=C(C(=O)O)C[C@@H](O)[C@@H]1O. The molecule has 0 heterocycles. The molecule has 3 atom stereocenters. The summed E-state index contributed by atoms with van der Waals surface area (Å²) >= 11 is 0. The Bertz CT molecular complexity index is 410. The molecule has 0 unspecified atom stereocenters. The third-order valence-corrected chi connectivity index (χ3v) is 2.66. The van der Waals surface area contributed by atoms with Crippen LogP contribution in [0.25, 0.3) is 0 Å². The summed E-state index contributed by atoms with van der Waals surface area (Å²) < 4.78 is 26.1. The maximum absolute atomic E-state index is 10.8. The maximum Gasteiger partial charge on any atom is 0.331 e. The van der Waals surface area contributed by atoms with Crippen LogP contribution in [0.1, 0.15) is 6.42 Å². The highest BCUT2D eigenvalue weighted by atomic mass is 32.2. The van der Waals surface area contributed by atoms with Gasteiger partial charge in [0.05, 0.1) is 12.4 Å². The molecule has 0 aromatic rings. The first-order chi connectivity index (χ1) is 7.20. The van der Waals surface area contributed by atoms with E-state index in [0.29, 0.717) is 0 Å². The number of carbonyl (C=O) groups is 1. The van der Waals surface area contributed by atoms with E-state index in [9.17, 15) is 23.4 Å². The van der Waals surface area contributed by atoms with Crippen LogP contribution in [0.15, 0.2) is 11.6 Å². The molecule has 8 heteroatoms. The fourth-order valence-corrected chi connectivity index (χ4v) is 1.95. The van der Waals surface area contributed by atoms with Crippen LogP contribution in [-0.2, 0) is 19.1 Å². The Labute approximate surface area is 92.1 Å². The molecule has 0 radical (unpaired) electrons. The van der Waals surface area contributed by atoms with E-state index in [-0.39, 0.29) is 12.0 Å². The van der Waals surface area contributed by atoms with E-state index in [0.717, 1.165) is 12.3 Å². The van der Waals surface area contributed by atoms with E-state index in [1.165, 1.54) is 0 Å². The van der Waals surface area contributed by atoms with Gasteiger partial charge in [-0.05, 0) is 6.08 Å². The minimum Gasteiger partial charge on any atom is -0.478 e. The van der Waals surface area contributed by atoms with Gasteiger partial charge in [0.15, 0.2) is 0 Å². The van der Waals surface area contributed by atoms with Crippen molar-refractivity contribution >= 4 is 16.1 Å². The summed E-state index contributed by atoms with van der Waals surface area (Å²) in [4.78, 5) is 10.7. The first-order valence-electron chi connectivity index (χ1n) is 4.39. The zero-order valence-electron chi connectivity index (χ0n) is 8.40. The van der Waals surface area contributed by atoms with Gasteiger partial charge in [-0.3, -0.25) is 4.18 Å². The normalized spacial score (nSPS) is 30.9. The zero-order valence-corrected chi connectivity index (χ0v) is 9.22. The van der Waals surface area contributed by atoms with Crippen molar-refractivity contribution in [1.82, 2.24) is 0 Å². The quantitative estimate of drug-likeness (QED) is 0.521. The zero-order chi connectivity index (χ0) is 12.5. The second kappa shape index (κ2) is 4.50. The molecule has 0 saturated heterocycles. The highest BCUT2D eigenvalue weighted by molar-refractivity contribution is 7.86. The molecule has 0 aromatic carbocycles. The van der Waals surface area contributed by atoms with Crippen LogP contribution < -0.4 is 0 Å². The number of rotatable bonds is 3. The van der Waals surface area contributed by atoms with Crippen molar-refractivity contribution in [2.75, 3.05) is 6.26 Å². The average molecular weight is 252 g/mol. The number of aliphatic hydroxyl groups is 2. The van der Waals surface area contributed by atoms with Gasteiger partial charge in [0, 0.05) is 12.0 Å². The van der Waals surface area contributed by atoms with E-state index >= 15 is 0 Å². The van der Waals surface area contributed by atoms with Crippen LogP contribution in [0.5, 0.6) is 0 Å². The third-order valence-electron chi connectivity index (χ3n) is 2.09. The molecule has 1 aliphatic rings. The van der Waals surface area contributed by atoms with Gasteiger partial charge in [0.1, 0.15) is 12.2 Å². The molecule has 0 saturated carbocycles. The fourth-order valence-electron chi connectivity index (χ4n) is 1.38. The minimum atomic E-state index is -3.84. The Balaban J connectivity index is 2.96. The number of aliphatic hydroxyl groups excluding tert-OH is 2. The lowest BCUT2D eigenvalue weighted by molar-refractivity contribution is -0.134. The molecular weight excluding hydrogens is 240 g/mol. The molecule has 16 heavy (non-hydrogen) atoms. The monoisotopic (exact) mass is 252 g/mol. The Morgan fingerprint density at radius 2 is 2.06 bits per heavy atom. The van der Waals surface area contributed by atoms with Crippen LogP contribution in [-0.4, -0.2) is 54.3 Å². The topological polar surface area (TPSA) is 121 Å². The Kier molecular flexibility index (Phi) is 3.68. The molecule has 0 amide bonds. The van der Waals surface area contributed by atoms with Gasteiger partial charge in [-0.2, -0.15) is 8.42 Å². The molecule has 0 fully saturated rings. The van der Waals surface area contributed by atoms with Gasteiger partial charge in [0.2, 0.25) is 0 Å². The molecule has 0 spiro atoms. The molecule has 1 rings (SSSR count). The van der Waals surface area contributed by atoms with Crippen molar-refractivity contribution in [2.45, 2.75) is 24.7 Å². The van der Waals surface area contributed by atoms with Crippen molar-refractivity contribution in [3.05, 3.63) is 11.6 Å². The van der Waals surface area contributed by atoms with E-state index in [4.69, 9.17) is 5.11 Å². The van der Waals surface area contributed by atoms with Gasteiger partial charge in [0.25, 0.3) is 10.1 Å². The summed E-state index contributed by atoms with van der Waals surface area (Å²) in [5.41, 5.74) is -0.188. The van der Waals surface area contributed by atoms with E-state index in [1.54, 1.807) is 0 Å². The summed E-state index contributed by atoms with van der Waals surface area (Å²) in [6, 6.07) is 0. The lowest BCUT2D eigenvalue weighted by atomic mass is 9.92. The maximum atomic E-state index is 10.8. The average Bonchev–Trinajstić information content (AvgIpc) is 2.10. The van der Waals surface area contributed by atoms with Gasteiger partial charge in [-0.25, -0.2) is 4.79 Å². The molecular formula is C8H12O7S. The summed E-state index contributed by atoms with van der Waals surface area (Å²) in [6.07, 6.45) is -2.68. The predicted octanol–water partition coefficient (Wildman–Crippen LogP) is -1.53. The number of hydrogen-bond donors (Lipinski definition) is 3. The largest absolute Gasteiger partial charge is 0.478 e. The van der Waals surface area contributed by atoms with Crippen molar-refractivity contribution in [2.24, 2.45) is 0 Å². The summed E-state index contributed by atoms with van der Waals surface area (Å²) in [5.74, 6) is -1.28. The number of hydrogen-bond acceptors (Lipinski definition) is 6. The molecule has 1 aliphatic carbocycles.